The van der Waals surface area contributed by atoms with Crippen LogP contribution in [0.15, 0.2) is 36.5 Å². The number of pyridine rings is 1. The number of aromatic nitrogens is 1. The van der Waals surface area contributed by atoms with Gasteiger partial charge in [0, 0.05) is 29.9 Å². The molecule has 0 radical (unpaired) electrons. The maximum absolute atomic E-state index is 13.0. The van der Waals surface area contributed by atoms with Crippen molar-refractivity contribution in [1.29, 1.82) is 0 Å². The van der Waals surface area contributed by atoms with E-state index in [2.05, 4.69) is 10.3 Å². The van der Waals surface area contributed by atoms with Crippen LogP contribution in [0.4, 0.5) is 8.78 Å². The summed E-state index contributed by atoms with van der Waals surface area (Å²) in [6.07, 6.45) is 1.56. The second kappa shape index (κ2) is 6.10. The molecule has 20 heavy (non-hydrogen) atoms. The molecule has 1 N–H and O–H groups in total. The van der Waals surface area contributed by atoms with E-state index in [9.17, 15) is 13.6 Å². The van der Waals surface area contributed by atoms with Crippen LogP contribution in [0.25, 0.3) is 0 Å². The van der Waals surface area contributed by atoms with Gasteiger partial charge in [0.2, 0.25) is 5.88 Å². The maximum Gasteiger partial charge on any atom is 0.251 e. The Kier molecular flexibility index (Phi) is 4.24. The van der Waals surface area contributed by atoms with Crippen LogP contribution in [-0.4, -0.2) is 18.0 Å². The molecule has 0 bridgehead atoms. The summed E-state index contributed by atoms with van der Waals surface area (Å²) >= 11 is 0. The van der Waals surface area contributed by atoms with Gasteiger partial charge in [-0.15, -0.1) is 0 Å². The third-order valence-electron chi connectivity index (χ3n) is 2.61. The molecule has 104 valence electrons. The van der Waals surface area contributed by atoms with Gasteiger partial charge in [0.1, 0.15) is 11.6 Å². The number of halogens is 2. The van der Waals surface area contributed by atoms with Gasteiger partial charge in [0.15, 0.2) is 0 Å². The van der Waals surface area contributed by atoms with Gasteiger partial charge in [0.05, 0.1) is 7.11 Å². The average molecular weight is 278 g/mol. The highest BCUT2D eigenvalue weighted by Gasteiger charge is 2.10. The molecule has 0 aliphatic carbocycles. The summed E-state index contributed by atoms with van der Waals surface area (Å²) in [5.74, 6) is -1.78. The number of hydrogen-bond acceptors (Lipinski definition) is 3. The first-order valence-corrected chi connectivity index (χ1v) is 5.82. The summed E-state index contributed by atoms with van der Waals surface area (Å²) in [7, 11) is 1.47. The van der Waals surface area contributed by atoms with Crippen LogP contribution in [0.2, 0.25) is 0 Å². The highest BCUT2D eigenvalue weighted by molar-refractivity contribution is 5.94. The van der Waals surface area contributed by atoms with Crippen molar-refractivity contribution in [2.24, 2.45) is 0 Å². The molecule has 0 fully saturated rings. The first kappa shape index (κ1) is 13.9. The van der Waals surface area contributed by atoms with Gasteiger partial charge in [0.25, 0.3) is 5.91 Å². The number of rotatable bonds is 4. The van der Waals surface area contributed by atoms with Gasteiger partial charge in [-0.2, -0.15) is 0 Å². The average Bonchev–Trinajstić information content (AvgIpc) is 2.44. The zero-order chi connectivity index (χ0) is 14.5. The number of hydrogen-bond donors (Lipinski definition) is 1. The number of ether oxygens (including phenoxy) is 1. The second-order valence-corrected chi connectivity index (χ2v) is 4.01. The van der Waals surface area contributed by atoms with Crippen LogP contribution in [0.3, 0.4) is 0 Å². The fraction of sp³-hybridized carbons (Fsp3) is 0.143. The normalized spacial score (nSPS) is 10.2. The number of carbonyl (C=O) groups is 1. The van der Waals surface area contributed by atoms with Crippen LogP contribution < -0.4 is 10.1 Å². The lowest BCUT2D eigenvalue weighted by Crippen LogP contribution is -2.23. The zero-order valence-electron chi connectivity index (χ0n) is 10.7. The molecule has 0 aliphatic rings. The van der Waals surface area contributed by atoms with Crippen molar-refractivity contribution in [2.75, 3.05) is 7.11 Å². The molecular weight excluding hydrogens is 266 g/mol. The molecule has 1 amide bonds. The molecule has 0 saturated carbocycles. The van der Waals surface area contributed by atoms with E-state index in [0.717, 1.165) is 12.1 Å². The van der Waals surface area contributed by atoms with E-state index in [4.69, 9.17) is 4.74 Å². The lowest BCUT2D eigenvalue weighted by molar-refractivity contribution is 0.0949. The van der Waals surface area contributed by atoms with E-state index in [1.54, 1.807) is 18.3 Å². The van der Waals surface area contributed by atoms with Gasteiger partial charge in [-0.05, 0) is 18.2 Å². The third kappa shape index (κ3) is 3.28. The largest absolute Gasteiger partial charge is 0.481 e. The summed E-state index contributed by atoms with van der Waals surface area (Å²) < 4.78 is 31.1. The van der Waals surface area contributed by atoms with E-state index in [1.807, 2.05) is 0 Å². The fourth-order valence-corrected chi connectivity index (χ4v) is 1.70. The second-order valence-electron chi connectivity index (χ2n) is 4.01. The minimum absolute atomic E-state index is 0.0784. The molecule has 0 aliphatic heterocycles. The Morgan fingerprint density at radius 3 is 2.65 bits per heavy atom. The molecule has 2 aromatic rings. The molecule has 1 aromatic carbocycles. The van der Waals surface area contributed by atoms with E-state index in [0.29, 0.717) is 17.5 Å². The number of methoxy groups -OCH3 is 1. The number of nitrogens with one attached hydrogen (secondary N) is 1. The Balaban J connectivity index is 2.08. The van der Waals surface area contributed by atoms with E-state index in [-0.39, 0.29) is 12.1 Å². The quantitative estimate of drug-likeness (QED) is 0.933. The van der Waals surface area contributed by atoms with Crippen molar-refractivity contribution in [3.63, 3.8) is 0 Å². The van der Waals surface area contributed by atoms with Crippen molar-refractivity contribution in [2.45, 2.75) is 6.54 Å². The van der Waals surface area contributed by atoms with Crippen LogP contribution in [0, 0.1) is 11.6 Å². The highest BCUT2D eigenvalue weighted by atomic mass is 19.1. The molecule has 4 nitrogen and oxygen atoms in total. The first-order valence-electron chi connectivity index (χ1n) is 5.82. The smallest absolute Gasteiger partial charge is 0.251 e. The maximum atomic E-state index is 13.0. The minimum Gasteiger partial charge on any atom is -0.481 e. The van der Waals surface area contributed by atoms with Gasteiger partial charge in [-0.25, -0.2) is 13.8 Å². The van der Waals surface area contributed by atoms with Crippen molar-refractivity contribution >= 4 is 5.91 Å². The Bertz CT molecular complexity index is 612. The molecular formula is C14H12F2N2O2. The van der Waals surface area contributed by atoms with E-state index >= 15 is 0 Å². The molecule has 0 saturated heterocycles. The van der Waals surface area contributed by atoms with E-state index in [1.165, 1.54) is 7.11 Å². The van der Waals surface area contributed by atoms with Crippen molar-refractivity contribution in [1.82, 2.24) is 10.3 Å². The predicted molar refractivity (Wildman–Crippen MR) is 68.3 cm³/mol. The van der Waals surface area contributed by atoms with E-state index < -0.39 is 17.5 Å². The summed E-state index contributed by atoms with van der Waals surface area (Å²) in [6.45, 7) is 0.147. The SMILES string of the molecule is COc1ncccc1CNC(=O)c1cc(F)cc(F)c1. The summed E-state index contributed by atoms with van der Waals surface area (Å²) in [4.78, 5) is 15.8. The standard InChI is InChI=1S/C14H12F2N2O2/c1-20-14-9(3-2-4-17-14)8-18-13(19)10-5-11(15)7-12(16)6-10/h2-7H,8H2,1H3,(H,18,19). The number of benzene rings is 1. The van der Waals surface area contributed by atoms with Crippen LogP contribution in [0.1, 0.15) is 15.9 Å². The lowest BCUT2D eigenvalue weighted by Gasteiger charge is -2.08. The minimum atomic E-state index is -0.797. The van der Waals surface area contributed by atoms with Gasteiger partial charge in [-0.3, -0.25) is 4.79 Å². The zero-order valence-corrected chi connectivity index (χ0v) is 10.7. The Labute approximate surface area is 114 Å². The Morgan fingerprint density at radius 2 is 2.00 bits per heavy atom. The topological polar surface area (TPSA) is 51.2 Å². The lowest BCUT2D eigenvalue weighted by atomic mass is 10.2. The predicted octanol–water partition coefficient (Wildman–Crippen LogP) is 2.30. The summed E-state index contributed by atoms with van der Waals surface area (Å²) in [5, 5.41) is 2.55. The molecule has 0 atom stereocenters. The highest BCUT2D eigenvalue weighted by Crippen LogP contribution is 2.13. The summed E-state index contributed by atoms with van der Waals surface area (Å²) in [6, 6.07) is 6.09. The number of carbonyl (C=O) groups excluding carboxylic acids is 1. The molecule has 1 heterocycles. The first-order chi connectivity index (χ1) is 9.60. The van der Waals surface area contributed by atoms with Gasteiger partial charge >= 0.3 is 0 Å². The summed E-state index contributed by atoms with van der Waals surface area (Å²) in [5.41, 5.74) is 0.589. The van der Waals surface area contributed by atoms with Crippen LogP contribution in [0.5, 0.6) is 5.88 Å². The van der Waals surface area contributed by atoms with Crippen LogP contribution in [-0.2, 0) is 6.54 Å². The molecule has 6 heteroatoms. The molecule has 2 rings (SSSR count). The third-order valence-corrected chi connectivity index (χ3v) is 2.61. The van der Waals surface area contributed by atoms with Gasteiger partial charge < -0.3 is 10.1 Å². The molecule has 0 spiro atoms. The number of nitrogens with zero attached hydrogens (tertiary/aromatic N) is 1. The van der Waals surface area contributed by atoms with Crippen molar-refractivity contribution in [3.8, 4) is 5.88 Å². The van der Waals surface area contributed by atoms with Gasteiger partial charge in [-0.1, -0.05) is 6.07 Å². The van der Waals surface area contributed by atoms with Crippen molar-refractivity contribution in [3.05, 3.63) is 59.3 Å². The monoisotopic (exact) mass is 278 g/mol. The van der Waals surface area contributed by atoms with Crippen molar-refractivity contribution < 1.29 is 18.3 Å². The number of amides is 1. The van der Waals surface area contributed by atoms with Crippen LogP contribution >= 0.6 is 0 Å². The Hall–Kier alpha value is -2.50. The Morgan fingerprint density at radius 1 is 1.30 bits per heavy atom. The fourth-order valence-electron chi connectivity index (χ4n) is 1.70. The molecule has 1 aromatic heterocycles. The molecule has 0 unspecified atom stereocenters.